The summed E-state index contributed by atoms with van der Waals surface area (Å²) in [7, 11) is 1.79. The van der Waals surface area contributed by atoms with E-state index in [4.69, 9.17) is 4.74 Å². The molecule has 0 saturated carbocycles. The summed E-state index contributed by atoms with van der Waals surface area (Å²) in [5.74, 6) is 0. The molecule has 1 fully saturated rings. The summed E-state index contributed by atoms with van der Waals surface area (Å²) in [5, 5.41) is 2.98. The highest BCUT2D eigenvalue weighted by atomic mass is 16.5. The lowest BCUT2D eigenvalue weighted by molar-refractivity contribution is 0.189. The number of ether oxygens (including phenoxy) is 1. The van der Waals surface area contributed by atoms with E-state index in [0.717, 1.165) is 24.3 Å². The van der Waals surface area contributed by atoms with Gasteiger partial charge in [0.15, 0.2) is 0 Å². The van der Waals surface area contributed by atoms with Crippen LogP contribution in [0.2, 0.25) is 0 Å². The van der Waals surface area contributed by atoms with Gasteiger partial charge in [0.05, 0.1) is 12.6 Å². The molecule has 1 unspecified atom stereocenters. The van der Waals surface area contributed by atoms with Gasteiger partial charge < -0.3 is 10.1 Å². The van der Waals surface area contributed by atoms with E-state index in [1.165, 1.54) is 5.56 Å². The van der Waals surface area contributed by atoms with Gasteiger partial charge in [0, 0.05) is 19.3 Å². The van der Waals surface area contributed by atoms with Crippen molar-refractivity contribution in [1.29, 1.82) is 0 Å². The molecule has 1 saturated heterocycles. The number of nitrogens with one attached hydrogen (secondary N) is 1. The minimum Gasteiger partial charge on any atom is -0.379 e. The van der Waals surface area contributed by atoms with Crippen molar-refractivity contribution in [2.24, 2.45) is 0 Å². The molecule has 98 valence electrons. The number of hydrogen-bond donors (Lipinski definition) is 1. The molecule has 1 aliphatic heterocycles. The summed E-state index contributed by atoms with van der Waals surface area (Å²) in [4.78, 5) is 13.8. The zero-order valence-electron chi connectivity index (χ0n) is 11.2. The number of nitrogens with zero attached hydrogens (tertiary/aromatic N) is 1. The van der Waals surface area contributed by atoms with E-state index in [0.29, 0.717) is 6.61 Å². The summed E-state index contributed by atoms with van der Waals surface area (Å²) >= 11 is 0. The highest BCUT2D eigenvalue weighted by Crippen LogP contribution is 2.20. The lowest BCUT2D eigenvalue weighted by Gasteiger charge is -2.22. The van der Waals surface area contributed by atoms with Crippen LogP contribution in [0.4, 0.5) is 10.5 Å². The third kappa shape index (κ3) is 2.82. The van der Waals surface area contributed by atoms with Crippen LogP contribution < -0.4 is 10.2 Å². The normalized spacial score (nSPS) is 18.7. The maximum atomic E-state index is 12.1. The van der Waals surface area contributed by atoms with Crippen LogP contribution in [0.3, 0.4) is 0 Å². The van der Waals surface area contributed by atoms with E-state index < -0.39 is 0 Å². The highest BCUT2D eigenvalue weighted by Gasteiger charge is 2.20. The van der Waals surface area contributed by atoms with E-state index in [1.54, 1.807) is 11.9 Å². The molecule has 0 bridgehead atoms. The minimum absolute atomic E-state index is 0.0718. The standard InChI is InChI=1S/C14H20N2O2/c1-10-4-5-13(11(2)8-10)16(3)14(17)15-12-6-7-18-9-12/h4-5,8,12H,6-7,9H2,1-3H3,(H,15,17). The highest BCUT2D eigenvalue weighted by molar-refractivity contribution is 5.92. The fourth-order valence-corrected chi connectivity index (χ4v) is 2.21. The van der Waals surface area contributed by atoms with Crippen LogP contribution >= 0.6 is 0 Å². The Morgan fingerprint density at radius 2 is 2.22 bits per heavy atom. The van der Waals surface area contributed by atoms with E-state index in [9.17, 15) is 4.79 Å². The van der Waals surface area contributed by atoms with Crippen molar-refractivity contribution in [2.75, 3.05) is 25.2 Å². The van der Waals surface area contributed by atoms with E-state index in [1.807, 2.05) is 26.0 Å². The van der Waals surface area contributed by atoms with Crippen molar-refractivity contribution in [1.82, 2.24) is 5.32 Å². The molecule has 18 heavy (non-hydrogen) atoms. The maximum absolute atomic E-state index is 12.1. The van der Waals surface area contributed by atoms with Crippen molar-refractivity contribution >= 4 is 11.7 Å². The summed E-state index contributed by atoms with van der Waals surface area (Å²) in [6.07, 6.45) is 0.895. The monoisotopic (exact) mass is 248 g/mol. The Bertz CT molecular complexity index is 439. The Morgan fingerprint density at radius 3 is 2.83 bits per heavy atom. The second-order valence-corrected chi connectivity index (χ2v) is 4.86. The van der Waals surface area contributed by atoms with E-state index in [-0.39, 0.29) is 12.1 Å². The number of anilines is 1. The molecule has 2 amide bonds. The minimum atomic E-state index is -0.0718. The Balaban J connectivity index is 2.05. The molecular weight excluding hydrogens is 228 g/mol. The van der Waals surface area contributed by atoms with Gasteiger partial charge in [0.25, 0.3) is 0 Å². The Kier molecular flexibility index (Phi) is 3.87. The van der Waals surface area contributed by atoms with Crippen LogP contribution in [0.1, 0.15) is 17.5 Å². The largest absolute Gasteiger partial charge is 0.379 e. The molecule has 4 heteroatoms. The Hall–Kier alpha value is -1.55. The average Bonchev–Trinajstić information content (AvgIpc) is 2.81. The van der Waals surface area contributed by atoms with Gasteiger partial charge in [-0.1, -0.05) is 17.7 Å². The number of amides is 2. The molecule has 0 radical (unpaired) electrons. The first-order chi connectivity index (χ1) is 8.58. The van der Waals surface area contributed by atoms with E-state index >= 15 is 0 Å². The SMILES string of the molecule is Cc1ccc(N(C)C(=O)NC2CCOC2)c(C)c1. The Labute approximate surface area is 108 Å². The molecule has 0 aromatic heterocycles. The average molecular weight is 248 g/mol. The maximum Gasteiger partial charge on any atom is 0.321 e. The van der Waals surface area contributed by atoms with Crippen LogP contribution in [0.25, 0.3) is 0 Å². The quantitative estimate of drug-likeness (QED) is 0.872. The van der Waals surface area contributed by atoms with Gasteiger partial charge in [-0.15, -0.1) is 0 Å². The summed E-state index contributed by atoms with van der Waals surface area (Å²) < 4.78 is 5.25. The molecule has 1 aromatic carbocycles. The predicted octanol–water partition coefficient (Wildman–Crippen LogP) is 2.24. The first-order valence-corrected chi connectivity index (χ1v) is 6.27. The molecule has 2 rings (SSSR count). The predicted molar refractivity (Wildman–Crippen MR) is 72.1 cm³/mol. The summed E-state index contributed by atoms with van der Waals surface area (Å²) in [5.41, 5.74) is 3.25. The third-order valence-electron chi connectivity index (χ3n) is 3.28. The smallest absolute Gasteiger partial charge is 0.321 e. The number of benzene rings is 1. The first-order valence-electron chi connectivity index (χ1n) is 6.27. The van der Waals surface area contributed by atoms with Gasteiger partial charge >= 0.3 is 6.03 Å². The van der Waals surface area contributed by atoms with Gasteiger partial charge in [0.2, 0.25) is 0 Å². The molecule has 0 aliphatic carbocycles. The number of carbonyl (C=O) groups is 1. The first kappa shape index (κ1) is 12.9. The number of carbonyl (C=O) groups excluding carboxylic acids is 1. The zero-order valence-corrected chi connectivity index (χ0v) is 11.2. The molecule has 0 spiro atoms. The second kappa shape index (κ2) is 5.40. The van der Waals surface area contributed by atoms with Crippen LogP contribution in [0.5, 0.6) is 0 Å². The molecular formula is C14H20N2O2. The number of hydrogen-bond acceptors (Lipinski definition) is 2. The fourth-order valence-electron chi connectivity index (χ4n) is 2.21. The molecule has 1 atom stereocenters. The number of aryl methyl sites for hydroxylation is 2. The molecule has 4 nitrogen and oxygen atoms in total. The lowest BCUT2D eigenvalue weighted by atomic mass is 10.1. The van der Waals surface area contributed by atoms with Crippen LogP contribution in [-0.4, -0.2) is 32.3 Å². The zero-order chi connectivity index (χ0) is 13.1. The lowest BCUT2D eigenvalue weighted by Crippen LogP contribution is -2.43. The van der Waals surface area contributed by atoms with Gasteiger partial charge in [0.1, 0.15) is 0 Å². The van der Waals surface area contributed by atoms with Crippen molar-refractivity contribution in [2.45, 2.75) is 26.3 Å². The fraction of sp³-hybridized carbons (Fsp3) is 0.500. The number of urea groups is 1. The third-order valence-corrected chi connectivity index (χ3v) is 3.28. The molecule has 1 aliphatic rings. The van der Waals surface area contributed by atoms with Crippen LogP contribution in [-0.2, 0) is 4.74 Å². The van der Waals surface area contributed by atoms with Gasteiger partial charge in [-0.05, 0) is 31.9 Å². The van der Waals surface area contributed by atoms with Gasteiger partial charge in [-0.3, -0.25) is 4.90 Å². The Morgan fingerprint density at radius 1 is 1.44 bits per heavy atom. The van der Waals surface area contributed by atoms with Crippen molar-refractivity contribution in [3.8, 4) is 0 Å². The van der Waals surface area contributed by atoms with Gasteiger partial charge in [-0.25, -0.2) is 4.79 Å². The van der Waals surface area contributed by atoms with Crippen LogP contribution in [0, 0.1) is 13.8 Å². The number of rotatable bonds is 2. The van der Waals surface area contributed by atoms with Crippen molar-refractivity contribution < 1.29 is 9.53 Å². The second-order valence-electron chi connectivity index (χ2n) is 4.86. The van der Waals surface area contributed by atoms with E-state index in [2.05, 4.69) is 11.4 Å². The molecule has 1 aromatic rings. The summed E-state index contributed by atoms with van der Waals surface area (Å²) in [6, 6.07) is 6.15. The van der Waals surface area contributed by atoms with Crippen molar-refractivity contribution in [3.63, 3.8) is 0 Å². The topological polar surface area (TPSA) is 41.6 Å². The van der Waals surface area contributed by atoms with Crippen LogP contribution in [0.15, 0.2) is 18.2 Å². The molecule has 1 N–H and O–H groups in total. The van der Waals surface area contributed by atoms with Crippen molar-refractivity contribution in [3.05, 3.63) is 29.3 Å². The molecule has 1 heterocycles. The summed E-state index contributed by atoms with van der Waals surface area (Å²) in [6.45, 7) is 5.42. The van der Waals surface area contributed by atoms with Gasteiger partial charge in [-0.2, -0.15) is 0 Å².